The predicted molar refractivity (Wildman–Crippen MR) is 58.0 cm³/mol. The Morgan fingerprint density at radius 1 is 1.60 bits per heavy atom. The summed E-state index contributed by atoms with van der Waals surface area (Å²) in [7, 11) is 0. The maximum absolute atomic E-state index is 5.72. The van der Waals surface area contributed by atoms with Crippen LogP contribution >= 0.6 is 0 Å². The van der Waals surface area contributed by atoms with Crippen molar-refractivity contribution in [3.05, 3.63) is 11.3 Å². The molecule has 2 aliphatic heterocycles. The molecule has 1 saturated heterocycles. The Bertz CT molecular complexity index is 366. The highest BCUT2D eigenvalue weighted by molar-refractivity contribution is 5.53. The van der Waals surface area contributed by atoms with Crippen molar-refractivity contribution in [1.29, 1.82) is 0 Å². The van der Waals surface area contributed by atoms with E-state index < -0.39 is 0 Å². The smallest absolute Gasteiger partial charge is 0.127 e. The Labute approximate surface area is 89.6 Å². The summed E-state index contributed by atoms with van der Waals surface area (Å²) >= 11 is 0. The molecular formula is C11H17N3O. The quantitative estimate of drug-likeness (QED) is 0.802. The Hall–Kier alpha value is -1.03. The third kappa shape index (κ3) is 1.35. The van der Waals surface area contributed by atoms with Crippen molar-refractivity contribution in [2.45, 2.75) is 38.8 Å². The largest absolute Gasteiger partial charge is 0.372 e. The molecule has 1 unspecified atom stereocenters. The van der Waals surface area contributed by atoms with E-state index >= 15 is 0 Å². The number of hydrogen-bond acceptors (Lipinski definition) is 3. The van der Waals surface area contributed by atoms with Crippen molar-refractivity contribution in [3.8, 4) is 0 Å². The summed E-state index contributed by atoms with van der Waals surface area (Å²) in [6.07, 6.45) is 3.66. The first-order valence-corrected chi connectivity index (χ1v) is 5.85. The Kier molecular flexibility index (Phi) is 2.16. The molecule has 0 saturated carbocycles. The third-order valence-electron chi connectivity index (χ3n) is 3.28. The highest BCUT2D eigenvalue weighted by atomic mass is 16.5. The summed E-state index contributed by atoms with van der Waals surface area (Å²) in [4.78, 5) is 0. The van der Waals surface area contributed by atoms with Crippen molar-refractivity contribution < 1.29 is 4.74 Å². The van der Waals surface area contributed by atoms with Crippen LogP contribution in [-0.2, 0) is 17.7 Å². The molecule has 2 aliphatic rings. The lowest BCUT2D eigenvalue weighted by Crippen LogP contribution is -2.06. The van der Waals surface area contributed by atoms with E-state index in [4.69, 9.17) is 4.74 Å². The average molecular weight is 207 g/mol. The van der Waals surface area contributed by atoms with Crippen LogP contribution in [-0.4, -0.2) is 22.9 Å². The zero-order valence-corrected chi connectivity index (χ0v) is 9.12. The Morgan fingerprint density at radius 3 is 3.27 bits per heavy atom. The van der Waals surface area contributed by atoms with Crippen molar-refractivity contribution >= 4 is 5.82 Å². The lowest BCUT2D eigenvalue weighted by Gasteiger charge is -2.07. The number of hydrogen-bond donors (Lipinski definition) is 1. The molecule has 4 heteroatoms. The van der Waals surface area contributed by atoms with Crippen LogP contribution < -0.4 is 5.32 Å². The van der Waals surface area contributed by atoms with Gasteiger partial charge in [0.05, 0.1) is 5.69 Å². The average Bonchev–Trinajstić information content (AvgIpc) is 2.94. The van der Waals surface area contributed by atoms with E-state index in [1.54, 1.807) is 0 Å². The summed E-state index contributed by atoms with van der Waals surface area (Å²) in [5.41, 5.74) is 2.58. The minimum Gasteiger partial charge on any atom is -0.372 e. The summed E-state index contributed by atoms with van der Waals surface area (Å²) in [6, 6.07) is 0. The molecule has 0 aromatic carbocycles. The van der Waals surface area contributed by atoms with E-state index in [9.17, 15) is 0 Å². The fourth-order valence-corrected chi connectivity index (χ4v) is 2.55. The molecule has 1 atom stereocenters. The fraction of sp³-hybridized carbons (Fsp3) is 0.727. The summed E-state index contributed by atoms with van der Waals surface area (Å²) in [6.45, 7) is 5.01. The van der Waals surface area contributed by atoms with E-state index in [2.05, 4.69) is 22.0 Å². The van der Waals surface area contributed by atoms with Gasteiger partial charge in [0.15, 0.2) is 0 Å². The van der Waals surface area contributed by atoms with Gasteiger partial charge in [0, 0.05) is 25.3 Å². The number of aryl methyl sites for hydroxylation is 1. The Morgan fingerprint density at radius 2 is 2.53 bits per heavy atom. The molecule has 0 radical (unpaired) electrons. The molecular weight excluding hydrogens is 190 g/mol. The molecule has 15 heavy (non-hydrogen) atoms. The number of aromatic nitrogens is 2. The fourth-order valence-electron chi connectivity index (χ4n) is 2.55. The van der Waals surface area contributed by atoms with Gasteiger partial charge in [-0.05, 0) is 26.2 Å². The molecule has 3 rings (SSSR count). The lowest BCUT2D eigenvalue weighted by molar-refractivity contribution is 0.107. The van der Waals surface area contributed by atoms with Crippen LogP contribution in [0.15, 0.2) is 0 Å². The predicted octanol–water partition coefficient (Wildman–Crippen LogP) is 1.72. The topological polar surface area (TPSA) is 39.1 Å². The third-order valence-corrected chi connectivity index (χ3v) is 3.28. The van der Waals surface area contributed by atoms with Crippen LogP contribution in [0.1, 0.15) is 37.1 Å². The molecule has 1 fully saturated rings. The van der Waals surface area contributed by atoms with Crippen molar-refractivity contribution in [1.82, 2.24) is 9.78 Å². The highest BCUT2D eigenvalue weighted by Gasteiger charge is 2.29. The van der Waals surface area contributed by atoms with Crippen LogP contribution in [0.4, 0.5) is 5.82 Å². The first-order valence-electron chi connectivity index (χ1n) is 5.85. The van der Waals surface area contributed by atoms with Gasteiger partial charge in [0.2, 0.25) is 0 Å². The van der Waals surface area contributed by atoms with E-state index in [0.717, 1.165) is 32.5 Å². The van der Waals surface area contributed by atoms with E-state index in [-0.39, 0.29) is 6.10 Å². The molecule has 0 aliphatic carbocycles. The van der Waals surface area contributed by atoms with E-state index in [1.807, 2.05) is 0 Å². The first-order chi connectivity index (χ1) is 7.40. The maximum Gasteiger partial charge on any atom is 0.127 e. The number of ether oxygens (including phenoxy) is 1. The van der Waals surface area contributed by atoms with Crippen molar-refractivity contribution in [2.24, 2.45) is 0 Å². The van der Waals surface area contributed by atoms with Gasteiger partial charge >= 0.3 is 0 Å². The summed E-state index contributed by atoms with van der Waals surface area (Å²) in [5, 5.41) is 8.07. The van der Waals surface area contributed by atoms with Crippen molar-refractivity contribution in [2.75, 3.05) is 18.5 Å². The van der Waals surface area contributed by atoms with Gasteiger partial charge < -0.3 is 10.1 Å². The molecule has 1 aromatic rings. The molecule has 0 amide bonds. The van der Waals surface area contributed by atoms with Gasteiger partial charge in [0.25, 0.3) is 0 Å². The van der Waals surface area contributed by atoms with Crippen molar-refractivity contribution in [3.63, 3.8) is 0 Å². The monoisotopic (exact) mass is 207 g/mol. The maximum atomic E-state index is 5.72. The zero-order chi connectivity index (χ0) is 10.3. The number of rotatable bonds is 2. The summed E-state index contributed by atoms with van der Waals surface area (Å²) in [5.74, 6) is 1.23. The van der Waals surface area contributed by atoms with E-state index in [0.29, 0.717) is 0 Å². The summed E-state index contributed by atoms with van der Waals surface area (Å²) < 4.78 is 7.79. The van der Waals surface area contributed by atoms with Gasteiger partial charge in [-0.2, -0.15) is 5.10 Å². The molecule has 0 bridgehead atoms. The number of anilines is 1. The van der Waals surface area contributed by atoms with Gasteiger partial charge in [0.1, 0.15) is 11.9 Å². The minimum absolute atomic E-state index is 0.256. The van der Waals surface area contributed by atoms with Crippen LogP contribution in [0, 0.1) is 0 Å². The lowest BCUT2D eigenvalue weighted by atomic mass is 10.1. The first kappa shape index (κ1) is 9.21. The molecule has 3 heterocycles. The van der Waals surface area contributed by atoms with Gasteiger partial charge in [-0.1, -0.05) is 0 Å². The zero-order valence-electron chi connectivity index (χ0n) is 9.12. The standard InChI is InChI=1S/C11H17N3O/c1-2-14-11-8(5-6-12-11)10(13-14)9-4-3-7-15-9/h9,12H,2-7H2,1H3. The van der Waals surface area contributed by atoms with Crippen LogP contribution in [0.5, 0.6) is 0 Å². The molecule has 1 N–H and O–H groups in total. The molecule has 1 aromatic heterocycles. The van der Waals surface area contributed by atoms with E-state index in [1.165, 1.54) is 23.5 Å². The number of nitrogens with one attached hydrogen (secondary N) is 1. The van der Waals surface area contributed by atoms with Gasteiger partial charge in [-0.3, -0.25) is 0 Å². The molecule has 0 spiro atoms. The Balaban J connectivity index is 2.00. The SMILES string of the molecule is CCn1nc(C2CCCO2)c2c1NCC2. The number of fused-ring (bicyclic) bond motifs is 1. The molecule has 4 nitrogen and oxygen atoms in total. The second-order valence-corrected chi connectivity index (χ2v) is 4.21. The van der Waals surface area contributed by atoms with Crippen LogP contribution in [0.25, 0.3) is 0 Å². The van der Waals surface area contributed by atoms with Crippen LogP contribution in [0.2, 0.25) is 0 Å². The highest BCUT2D eigenvalue weighted by Crippen LogP contribution is 2.35. The van der Waals surface area contributed by atoms with Gasteiger partial charge in [-0.25, -0.2) is 4.68 Å². The normalized spacial score (nSPS) is 24.2. The van der Waals surface area contributed by atoms with Gasteiger partial charge in [-0.15, -0.1) is 0 Å². The second-order valence-electron chi connectivity index (χ2n) is 4.21. The molecule has 82 valence electrons. The minimum atomic E-state index is 0.256. The second kappa shape index (κ2) is 3.52. The van der Waals surface area contributed by atoms with Crippen LogP contribution in [0.3, 0.4) is 0 Å². The number of nitrogens with zero attached hydrogens (tertiary/aromatic N) is 2.